The summed E-state index contributed by atoms with van der Waals surface area (Å²) in [6.45, 7) is 1.90. The molecule has 0 unspecified atom stereocenters. The second-order valence-corrected chi connectivity index (χ2v) is 4.41. The van der Waals surface area contributed by atoms with Gasteiger partial charge in [-0.25, -0.2) is 0 Å². The quantitative estimate of drug-likeness (QED) is 0.760. The van der Waals surface area contributed by atoms with Gasteiger partial charge in [-0.3, -0.25) is 0 Å². The third-order valence-electron chi connectivity index (χ3n) is 2.02. The standard InChI is InChI=1S/C12H10N2OS/c1-9-5-11(15-14-9)8-16-12-4-2-3-10(6-12)7-13/h2-6H,8H2,1H3. The fourth-order valence-electron chi connectivity index (χ4n) is 1.29. The van der Waals surface area contributed by atoms with E-state index in [1.165, 1.54) is 0 Å². The van der Waals surface area contributed by atoms with Crippen LogP contribution in [0.1, 0.15) is 17.0 Å². The summed E-state index contributed by atoms with van der Waals surface area (Å²) in [5.41, 5.74) is 1.57. The molecular weight excluding hydrogens is 220 g/mol. The van der Waals surface area contributed by atoms with Crippen molar-refractivity contribution in [2.24, 2.45) is 0 Å². The molecule has 0 atom stereocenters. The molecule has 4 heteroatoms. The third-order valence-corrected chi connectivity index (χ3v) is 3.04. The summed E-state index contributed by atoms with van der Waals surface area (Å²) in [6, 6.07) is 11.6. The summed E-state index contributed by atoms with van der Waals surface area (Å²) in [5.74, 6) is 1.58. The first-order valence-electron chi connectivity index (χ1n) is 4.83. The molecule has 0 aliphatic carbocycles. The Hall–Kier alpha value is -1.73. The van der Waals surface area contributed by atoms with Crippen LogP contribution in [0.3, 0.4) is 0 Å². The van der Waals surface area contributed by atoms with Gasteiger partial charge in [0.05, 0.1) is 23.1 Å². The highest BCUT2D eigenvalue weighted by Crippen LogP contribution is 2.23. The Labute approximate surface area is 98.1 Å². The normalized spacial score (nSPS) is 10.0. The summed E-state index contributed by atoms with van der Waals surface area (Å²) < 4.78 is 5.11. The molecule has 0 saturated carbocycles. The van der Waals surface area contributed by atoms with E-state index in [2.05, 4.69) is 11.2 Å². The Bertz CT molecular complexity index is 528. The molecule has 1 aromatic heterocycles. The topological polar surface area (TPSA) is 49.8 Å². The lowest BCUT2D eigenvalue weighted by atomic mass is 10.2. The first kappa shape index (κ1) is 10.8. The number of benzene rings is 1. The first-order valence-corrected chi connectivity index (χ1v) is 5.81. The highest BCUT2D eigenvalue weighted by molar-refractivity contribution is 7.98. The Morgan fingerprint density at radius 3 is 3.00 bits per heavy atom. The van der Waals surface area contributed by atoms with Crippen molar-refractivity contribution in [3.05, 3.63) is 47.3 Å². The fraction of sp³-hybridized carbons (Fsp3) is 0.167. The summed E-state index contributed by atoms with van der Waals surface area (Å²) in [5, 5.41) is 12.6. The molecule has 0 amide bonds. The average Bonchev–Trinajstić information content (AvgIpc) is 2.73. The van der Waals surface area contributed by atoms with E-state index in [1.807, 2.05) is 31.2 Å². The summed E-state index contributed by atoms with van der Waals surface area (Å²) in [6.07, 6.45) is 0. The minimum absolute atomic E-state index is 0.679. The second-order valence-electron chi connectivity index (χ2n) is 3.36. The molecular formula is C12H10N2OS. The largest absolute Gasteiger partial charge is 0.360 e. The van der Waals surface area contributed by atoms with Crippen LogP contribution >= 0.6 is 11.8 Å². The van der Waals surface area contributed by atoms with Crippen LogP contribution < -0.4 is 0 Å². The van der Waals surface area contributed by atoms with Crippen molar-refractivity contribution in [2.45, 2.75) is 17.6 Å². The Kier molecular flexibility index (Phi) is 3.28. The molecule has 0 aliphatic heterocycles. The van der Waals surface area contributed by atoms with E-state index >= 15 is 0 Å². The van der Waals surface area contributed by atoms with Gasteiger partial charge in [-0.1, -0.05) is 11.2 Å². The maximum absolute atomic E-state index is 8.76. The minimum Gasteiger partial charge on any atom is -0.360 e. The number of nitrogens with zero attached hydrogens (tertiary/aromatic N) is 2. The third kappa shape index (κ3) is 2.65. The monoisotopic (exact) mass is 230 g/mol. The second kappa shape index (κ2) is 4.86. The predicted molar refractivity (Wildman–Crippen MR) is 62.0 cm³/mol. The molecule has 0 aliphatic rings. The molecule has 1 heterocycles. The SMILES string of the molecule is Cc1cc(CSc2cccc(C#N)c2)on1. The van der Waals surface area contributed by atoms with Gasteiger partial charge in [0.2, 0.25) is 0 Å². The molecule has 2 aromatic rings. The summed E-state index contributed by atoms with van der Waals surface area (Å²) >= 11 is 1.63. The zero-order valence-electron chi connectivity index (χ0n) is 8.80. The molecule has 16 heavy (non-hydrogen) atoms. The van der Waals surface area contributed by atoms with Gasteiger partial charge in [0.15, 0.2) is 0 Å². The molecule has 0 spiro atoms. The van der Waals surface area contributed by atoms with Crippen LogP contribution in [0.15, 0.2) is 39.8 Å². The molecule has 0 fully saturated rings. The van der Waals surface area contributed by atoms with Crippen LogP contribution in [-0.4, -0.2) is 5.16 Å². The van der Waals surface area contributed by atoms with Gasteiger partial charge in [0.1, 0.15) is 5.76 Å². The molecule has 3 nitrogen and oxygen atoms in total. The van der Waals surface area contributed by atoms with E-state index < -0.39 is 0 Å². The van der Waals surface area contributed by atoms with Gasteiger partial charge in [0, 0.05) is 11.0 Å². The van der Waals surface area contributed by atoms with Crippen molar-refractivity contribution in [2.75, 3.05) is 0 Å². The fourth-order valence-corrected chi connectivity index (χ4v) is 2.12. The van der Waals surface area contributed by atoms with Gasteiger partial charge < -0.3 is 4.52 Å². The zero-order chi connectivity index (χ0) is 11.4. The van der Waals surface area contributed by atoms with Crippen LogP contribution in [0.25, 0.3) is 0 Å². The van der Waals surface area contributed by atoms with E-state index in [9.17, 15) is 0 Å². The number of nitriles is 1. The van der Waals surface area contributed by atoms with E-state index in [4.69, 9.17) is 9.78 Å². The summed E-state index contributed by atoms with van der Waals surface area (Å²) in [7, 11) is 0. The van der Waals surface area contributed by atoms with E-state index in [0.29, 0.717) is 5.56 Å². The smallest absolute Gasteiger partial charge is 0.147 e. The molecule has 1 aromatic carbocycles. The van der Waals surface area contributed by atoms with Crippen LogP contribution in [-0.2, 0) is 5.75 Å². The molecule has 80 valence electrons. The van der Waals surface area contributed by atoms with Gasteiger partial charge in [-0.15, -0.1) is 11.8 Å². The number of aryl methyl sites for hydroxylation is 1. The van der Waals surface area contributed by atoms with Crippen LogP contribution in [0, 0.1) is 18.3 Å². The lowest BCUT2D eigenvalue weighted by molar-refractivity contribution is 0.391. The number of hydrogen-bond donors (Lipinski definition) is 0. The number of thioether (sulfide) groups is 1. The van der Waals surface area contributed by atoms with Crippen LogP contribution in [0.4, 0.5) is 0 Å². The molecule has 2 rings (SSSR count). The highest BCUT2D eigenvalue weighted by Gasteiger charge is 2.02. The Balaban J connectivity index is 2.02. The number of hydrogen-bond acceptors (Lipinski definition) is 4. The highest BCUT2D eigenvalue weighted by atomic mass is 32.2. The van der Waals surface area contributed by atoms with Crippen molar-refractivity contribution in [3.63, 3.8) is 0 Å². The maximum atomic E-state index is 8.76. The maximum Gasteiger partial charge on any atom is 0.147 e. The van der Waals surface area contributed by atoms with Crippen molar-refractivity contribution < 1.29 is 4.52 Å². The van der Waals surface area contributed by atoms with E-state index in [1.54, 1.807) is 17.8 Å². The predicted octanol–water partition coefficient (Wildman–Crippen LogP) is 3.15. The van der Waals surface area contributed by atoms with Crippen molar-refractivity contribution in [1.82, 2.24) is 5.16 Å². The molecule has 0 bridgehead atoms. The van der Waals surface area contributed by atoms with Gasteiger partial charge in [0.25, 0.3) is 0 Å². The van der Waals surface area contributed by atoms with Gasteiger partial charge >= 0.3 is 0 Å². The molecule has 0 N–H and O–H groups in total. The van der Waals surface area contributed by atoms with Gasteiger partial charge in [-0.2, -0.15) is 5.26 Å². The van der Waals surface area contributed by atoms with Gasteiger partial charge in [-0.05, 0) is 25.1 Å². The average molecular weight is 230 g/mol. The van der Waals surface area contributed by atoms with Crippen LogP contribution in [0.5, 0.6) is 0 Å². The Morgan fingerprint density at radius 1 is 1.44 bits per heavy atom. The van der Waals surface area contributed by atoms with Crippen molar-refractivity contribution in [1.29, 1.82) is 5.26 Å². The Morgan fingerprint density at radius 2 is 2.31 bits per heavy atom. The summed E-state index contributed by atoms with van der Waals surface area (Å²) in [4.78, 5) is 1.06. The molecule has 0 saturated heterocycles. The minimum atomic E-state index is 0.679. The molecule has 0 radical (unpaired) electrons. The van der Waals surface area contributed by atoms with E-state index in [0.717, 1.165) is 22.1 Å². The van der Waals surface area contributed by atoms with Crippen LogP contribution in [0.2, 0.25) is 0 Å². The lowest BCUT2D eigenvalue weighted by Crippen LogP contribution is -1.78. The first-order chi connectivity index (χ1) is 7.78. The van der Waals surface area contributed by atoms with Crippen molar-refractivity contribution in [3.8, 4) is 6.07 Å². The lowest BCUT2D eigenvalue weighted by Gasteiger charge is -1.98. The number of rotatable bonds is 3. The van der Waals surface area contributed by atoms with E-state index in [-0.39, 0.29) is 0 Å². The number of aromatic nitrogens is 1. The zero-order valence-corrected chi connectivity index (χ0v) is 9.62. The van der Waals surface area contributed by atoms with Crippen molar-refractivity contribution >= 4 is 11.8 Å².